The lowest BCUT2D eigenvalue weighted by Crippen LogP contribution is -2.11. The van der Waals surface area contributed by atoms with E-state index in [9.17, 15) is 4.79 Å². The van der Waals surface area contributed by atoms with Crippen LogP contribution in [0.5, 0.6) is 0 Å². The van der Waals surface area contributed by atoms with E-state index in [1.54, 1.807) is 0 Å². The first-order chi connectivity index (χ1) is 13.4. The second kappa shape index (κ2) is 7.01. The molecule has 2 N–H and O–H groups in total. The molecule has 3 aromatic heterocycles. The molecule has 1 unspecified atom stereocenters. The summed E-state index contributed by atoms with van der Waals surface area (Å²) in [6, 6.07) is 4.23. The molecule has 0 spiro atoms. The second-order valence-corrected chi connectivity index (χ2v) is 8.41. The van der Waals surface area contributed by atoms with Crippen LogP contribution in [0.3, 0.4) is 0 Å². The van der Waals surface area contributed by atoms with Gasteiger partial charge in [0.2, 0.25) is 5.91 Å². The predicted octanol–water partition coefficient (Wildman–Crippen LogP) is 4.31. The van der Waals surface area contributed by atoms with Crippen molar-refractivity contribution in [2.24, 2.45) is 0 Å². The summed E-state index contributed by atoms with van der Waals surface area (Å²) in [4.78, 5) is 21.7. The Morgan fingerprint density at radius 2 is 2.14 bits per heavy atom. The standard InChI is InChI=1S/C20H24N6OS/c1-10(2)26-18-16(17(25-26)13-6-7-15(21-5)22-9-13)11(3)8-14-19(18)28-20(24-14)23-12(4)27/h6-7,9-11H,8H2,1-5H3,(H,21,22)(H,23,24,27). The molecule has 8 heteroatoms. The monoisotopic (exact) mass is 396 g/mol. The number of thiazole rings is 1. The lowest BCUT2D eigenvalue weighted by Gasteiger charge is -2.21. The van der Waals surface area contributed by atoms with E-state index >= 15 is 0 Å². The molecule has 7 nitrogen and oxygen atoms in total. The molecule has 0 bridgehead atoms. The summed E-state index contributed by atoms with van der Waals surface area (Å²) in [5, 5.41) is 11.5. The predicted molar refractivity (Wildman–Crippen MR) is 113 cm³/mol. The minimum absolute atomic E-state index is 0.104. The molecule has 0 aromatic carbocycles. The zero-order valence-corrected chi connectivity index (χ0v) is 17.5. The Balaban J connectivity index is 1.90. The summed E-state index contributed by atoms with van der Waals surface area (Å²) >= 11 is 1.53. The van der Waals surface area contributed by atoms with E-state index in [0.29, 0.717) is 5.13 Å². The van der Waals surface area contributed by atoms with Crippen LogP contribution < -0.4 is 10.6 Å². The molecule has 0 fully saturated rings. The smallest absolute Gasteiger partial charge is 0.223 e. The quantitative estimate of drug-likeness (QED) is 0.686. The maximum atomic E-state index is 11.5. The van der Waals surface area contributed by atoms with Crippen LogP contribution in [0.25, 0.3) is 21.8 Å². The van der Waals surface area contributed by atoms with Crippen LogP contribution in [-0.2, 0) is 11.2 Å². The number of hydrogen-bond donors (Lipinski definition) is 2. The number of pyridine rings is 1. The fourth-order valence-corrected chi connectivity index (χ4v) is 4.77. The Morgan fingerprint density at radius 3 is 2.75 bits per heavy atom. The van der Waals surface area contributed by atoms with Gasteiger partial charge in [-0.15, -0.1) is 0 Å². The number of nitrogens with zero attached hydrogens (tertiary/aromatic N) is 4. The molecule has 1 amide bonds. The van der Waals surface area contributed by atoms with E-state index in [1.807, 2.05) is 19.3 Å². The normalized spacial score (nSPS) is 15.3. The molecule has 0 radical (unpaired) electrons. The van der Waals surface area contributed by atoms with E-state index in [-0.39, 0.29) is 17.9 Å². The van der Waals surface area contributed by atoms with E-state index in [1.165, 1.54) is 23.8 Å². The Morgan fingerprint density at radius 1 is 1.36 bits per heavy atom. The van der Waals surface area contributed by atoms with Gasteiger partial charge in [-0.2, -0.15) is 5.10 Å². The molecule has 0 saturated heterocycles. The molecule has 4 rings (SSSR count). The molecule has 1 aliphatic carbocycles. The first-order valence-electron chi connectivity index (χ1n) is 9.43. The number of hydrogen-bond acceptors (Lipinski definition) is 6. The highest BCUT2D eigenvalue weighted by atomic mass is 32.1. The van der Waals surface area contributed by atoms with Crippen molar-refractivity contribution in [1.29, 1.82) is 0 Å². The van der Waals surface area contributed by atoms with E-state index in [0.717, 1.165) is 39.8 Å². The van der Waals surface area contributed by atoms with Gasteiger partial charge in [-0.3, -0.25) is 9.48 Å². The van der Waals surface area contributed by atoms with Gasteiger partial charge in [0.05, 0.1) is 22.0 Å². The number of nitrogens with one attached hydrogen (secondary N) is 2. The van der Waals surface area contributed by atoms with Crippen molar-refractivity contribution >= 4 is 28.2 Å². The van der Waals surface area contributed by atoms with E-state index in [4.69, 9.17) is 5.10 Å². The van der Waals surface area contributed by atoms with E-state index < -0.39 is 0 Å². The average molecular weight is 397 g/mol. The van der Waals surface area contributed by atoms with Crippen LogP contribution in [0, 0.1) is 0 Å². The van der Waals surface area contributed by atoms with Gasteiger partial charge in [0.15, 0.2) is 5.13 Å². The first-order valence-corrected chi connectivity index (χ1v) is 10.2. The third-order valence-corrected chi connectivity index (χ3v) is 5.94. The fraction of sp³-hybridized carbons (Fsp3) is 0.400. The van der Waals surface area contributed by atoms with Crippen molar-refractivity contribution < 1.29 is 4.79 Å². The molecule has 0 saturated carbocycles. The molecular formula is C20H24N6OS. The molecule has 0 aliphatic heterocycles. The Kier molecular flexibility index (Phi) is 4.66. The van der Waals surface area contributed by atoms with Gasteiger partial charge in [-0.05, 0) is 38.3 Å². The van der Waals surface area contributed by atoms with Gasteiger partial charge >= 0.3 is 0 Å². The maximum Gasteiger partial charge on any atom is 0.223 e. The highest BCUT2D eigenvalue weighted by Crippen LogP contribution is 2.48. The lowest BCUT2D eigenvalue weighted by molar-refractivity contribution is -0.114. The van der Waals surface area contributed by atoms with Crippen LogP contribution in [0.4, 0.5) is 10.9 Å². The molecule has 28 heavy (non-hydrogen) atoms. The zero-order valence-electron chi connectivity index (χ0n) is 16.7. The van der Waals surface area contributed by atoms with Crippen LogP contribution in [-0.4, -0.2) is 32.7 Å². The Labute approximate surface area is 168 Å². The lowest BCUT2D eigenvalue weighted by atomic mass is 9.86. The third-order valence-electron chi connectivity index (χ3n) is 4.92. The number of rotatable bonds is 4. The van der Waals surface area contributed by atoms with Gasteiger partial charge in [0, 0.05) is 37.3 Å². The van der Waals surface area contributed by atoms with Crippen LogP contribution in [0.2, 0.25) is 0 Å². The zero-order chi connectivity index (χ0) is 20.0. The number of carbonyl (C=O) groups is 1. The second-order valence-electron chi connectivity index (χ2n) is 7.41. The topological polar surface area (TPSA) is 84.7 Å². The van der Waals surface area contributed by atoms with Gasteiger partial charge in [-0.1, -0.05) is 18.3 Å². The molecule has 3 heterocycles. The molecule has 1 aliphatic rings. The number of aromatic nitrogens is 4. The van der Waals surface area contributed by atoms with Gasteiger partial charge in [0.1, 0.15) is 5.82 Å². The SMILES string of the molecule is CNc1ccc(-c2nn(C(C)C)c3c2C(C)Cc2nc(NC(C)=O)sc2-3)cn1. The average Bonchev–Trinajstić information content (AvgIpc) is 3.22. The summed E-state index contributed by atoms with van der Waals surface area (Å²) < 4.78 is 2.08. The van der Waals surface area contributed by atoms with Gasteiger partial charge in [0.25, 0.3) is 0 Å². The highest BCUT2D eigenvalue weighted by molar-refractivity contribution is 7.19. The third kappa shape index (κ3) is 3.07. The number of fused-ring (bicyclic) bond motifs is 3. The van der Waals surface area contributed by atoms with Crippen LogP contribution >= 0.6 is 11.3 Å². The summed E-state index contributed by atoms with van der Waals surface area (Å²) in [5.74, 6) is 1.01. The molecule has 146 valence electrons. The highest BCUT2D eigenvalue weighted by Gasteiger charge is 2.33. The van der Waals surface area contributed by atoms with Crippen molar-refractivity contribution in [2.45, 2.75) is 46.1 Å². The van der Waals surface area contributed by atoms with Crippen molar-refractivity contribution in [3.63, 3.8) is 0 Å². The van der Waals surface area contributed by atoms with Crippen molar-refractivity contribution in [1.82, 2.24) is 19.7 Å². The van der Waals surface area contributed by atoms with Crippen molar-refractivity contribution in [3.8, 4) is 21.8 Å². The van der Waals surface area contributed by atoms with Crippen LogP contribution in [0.15, 0.2) is 18.3 Å². The van der Waals surface area contributed by atoms with Gasteiger partial charge < -0.3 is 10.6 Å². The molecule has 3 aromatic rings. The number of anilines is 2. The van der Waals surface area contributed by atoms with Gasteiger partial charge in [-0.25, -0.2) is 9.97 Å². The summed E-state index contributed by atoms with van der Waals surface area (Å²) in [5.41, 5.74) is 5.37. The van der Waals surface area contributed by atoms with Crippen molar-refractivity contribution in [2.75, 3.05) is 17.7 Å². The largest absolute Gasteiger partial charge is 0.373 e. The Bertz CT molecular complexity index is 1030. The van der Waals surface area contributed by atoms with E-state index in [2.05, 4.69) is 52.1 Å². The summed E-state index contributed by atoms with van der Waals surface area (Å²) in [6.45, 7) is 7.99. The molecule has 1 atom stereocenters. The minimum Gasteiger partial charge on any atom is -0.373 e. The first kappa shape index (κ1) is 18.6. The minimum atomic E-state index is -0.104. The Hall–Kier alpha value is -2.74. The number of amides is 1. The van der Waals surface area contributed by atoms with Crippen molar-refractivity contribution in [3.05, 3.63) is 29.6 Å². The summed E-state index contributed by atoms with van der Waals surface area (Å²) in [7, 11) is 1.86. The maximum absolute atomic E-state index is 11.5. The van der Waals surface area contributed by atoms with Crippen LogP contribution in [0.1, 0.15) is 50.9 Å². The summed E-state index contributed by atoms with van der Waals surface area (Å²) in [6.07, 6.45) is 2.70. The number of carbonyl (C=O) groups excluding carboxylic acids is 1. The fourth-order valence-electron chi connectivity index (χ4n) is 3.68. The molecular weight excluding hydrogens is 372 g/mol.